The molecular formula is C14H17N3OS. The van der Waals surface area contributed by atoms with Crippen LogP contribution in [0.15, 0.2) is 35.2 Å². The van der Waals surface area contributed by atoms with Crippen LogP contribution in [0.25, 0.3) is 0 Å². The second-order valence-electron chi connectivity index (χ2n) is 4.64. The van der Waals surface area contributed by atoms with Crippen molar-refractivity contribution < 1.29 is 4.79 Å². The van der Waals surface area contributed by atoms with Crippen molar-refractivity contribution in [3.8, 4) is 0 Å². The molecule has 0 saturated carbocycles. The molecule has 1 heterocycles. The predicted molar refractivity (Wildman–Crippen MR) is 78.0 cm³/mol. The van der Waals surface area contributed by atoms with Gasteiger partial charge in [0.25, 0.3) is 5.91 Å². The molecule has 100 valence electrons. The van der Waals surface area contributed by atoms with Gasteiger partial charge in [0.1, 0.15) is 5.69 Å². The van der Waals surface area contributed by atoms with E-state index in [-0.39, 0.29) is 11.9 Å². The number of aromatic nitrogens is 1. The molecule has 2 N–H and O–H groups in total. The number of nitrogens with two attached hydrogens (primary N) is 1. The molecule has 0 aliphatic rings. The van der Waals surface area contributed by atoms with Crippen LogP contribution in [0.2, 0.25) is 0 Å². The normalized spacial score (nSPS) is 10.7. The summed E-state index contributed by atoms with van der Waals surface area (Å²) in [4.78, 5) is 18.3. The van der Waals surface area contributed by atoms with E-state index in [1.165, 1.54) is 11.3 Å². The zero-order valence-corrected chi connectivity index (χ0v) is 11.9. The molecule has 0 spiro atoms. The van der Waals surface area contributed by atoms with Gasteiger partial charge in [0.2, 0.25) is 0 Å². The van der Waals surface area contributed by atoms with E-state index in [1.54, 1.807) is 15.8 Å². The summed E-state index contributed by atoms with van der Waals surface area (Å²) in [5.74, 6) is -0.0342. The molecule has 1 aromatic heterocycles. The Hall–Kier alpha value is -1.88. The molecule has 5 heteroatoms. The maximum absolute atomic E-state index is 12.4. The highest BCUT2D eigenvalue weighted by Crippen LogP contribution is 2.14. The van der Waals surface area contributed by atoms with E-state index in [9.17, 15) is 4.79 Å². The van der Waals surface area contributed by atoms with Crippen molar-refractivity contribution in [2.45, 2.75) is 26.4 Å². The third-order valence-corrected chi connectivity index (χ3v) is 3.45. The maximum Gasteiger partial charge on any atom is 0.273 e. The van der Waals surface area contributed by atoms with E-state index in [2.05, 4.69) is 4.98 Å². The Morgan fingerprint density at radius 3 is 2.58 bits per heavy atom. The van der Waals surface area contributed by atoms with E-state index in [1.807, 2.05) is 38.1 Å². The van der Waals surface area contributed by atoms with E-state index in [4.69, 9.17) is 5.73 Å². The monoisotopic (exact) mass is 275 g/mol. The summed E-state index contributed by atoms with van der Waals surface area (Å²) < 4.78 is 0. The van der Waals surface area contributed by atoms with Gasteiger partial charge in [-0.25, -0.2) is 4.98 Å². The molecule has 0 bridgehead atoms. The number of rotatable bonds is 4. The van der Waals surface area contributed by atoms with E-state index < -0.39 is 0 Å². The first-order valence-electron chi connectivity index (χ1n) is 6.11. The first-order chi connectivity index (χ1) is 9.08. The van der Waals surface area contributed by atoms with Crippen molar-refractivity contribution >= 4 is 22.9 Å². The lowest BCUT2D eigenvalue weighted by atomic mass is 10.1. The first-order valence-corrected chi connectivity index (χ1v) is 7.06. The van der Waals surface area contributed by atoms with Gasteiger partial charge in [-0.2, -0.15) is 0 Å². The predicted octanol–water partition coefficient (Wildman–Crippen LogP) is 2.78. The van der Waals surface area contributed by atoms with Crippen LogP contribution in [-0.4, -0.2) is 21.8 Å². The van der Waals surface area contributed by atoms with Crippen molar-refractivity contribution in [1.82, 2.24) is 9.88 Å². The molecule has 19 heavy (non-hydrogen) atoms. The minimum absolute atomic E-state index is 0.0342. The van der Waals surface area contributed by atoms with Crippen LogP contribution < -0.4 is 5.73 Å². The van der Waals surface area contributed by atoms with Crippen LogP contribution in [0.3, 0.4) is 0 Å². The van der Waals surface area contributed by atoms with Crippen LogP contribution in [0.4, 0.5) is 5.69 Å². The lowest BCUT2D eigenvalue weighted by Gasteiger charge is -2.26. The number of nitrogen functional groups attached to an aromatic ring is 1. The molecule has 0 atom stereocenters. The quantitative estimate of drug-likeness (QED) is 0.873. The smallest absolute Gasteiger partial charge is 0.273 e. The molecule has 2 rings (SSSR count). The van der Waals surface area contributed by atoms with Crippen LogP contribution in [0.5, 0.6) is 0 Å². The van der Waals surface area contributed by atoms with Gasteiger partial charge in [-0.15, -0.1) is 11.3 Å². The molecule has 0 unspecified atom stereocenters. The Morgan fingerprint density at radius 1 is 1.37 bits per heavy atom. The average molecular weight is 275 g/mol. The third-order valence-electron chi connectivity index (χ3n) is 2.87. The summed E-state index contributed by atoms with van der Waals surface area (Å²) in [5.41, 5.74) is 9.64. The minimum Gasteiger partial charge on any atom is -0.399 e. The highest BCUT2D eigenvalue weighted by molar-refractivity contribution is 7.07. The summed E-state index contributed by atoms with van der Waals surface area (Å²) in [6.45, 7) is 4.57. The van der Waals surface area contributed by atoms with Gasteiger partial charge in [-0.3, -0.25) is 4.79 Å². The van der Waals surface area contributed by atoms with Gasteiger partial charge in [-0.05, 0) is 31.5 Å². The van der Waals surface area contributed by atoms with Crippen molar-refractivity contribution in [1.29, 1.82) is 0 Å². The van der Waals surface area contributed by atoms with Crippen LogP contribution in [0, 0.1) is 0 Å². The molecule has 1 amide bonds. The molecule has 1 aromatic carbocycles. The molecule has 2 aromatic rings. The van der Waals surface area contributed by atoms with Crippen molar-refractivity contribution in [3.05, 3.63) is 46.4 Å². The van der Waals surface area contributed by atoms with Crippen molar-refractivity contribution in [3.63, 3.8) is 0 Å². The lowest BCUT2D eigenvalue weighted by molar-refractivity contribution is 0.0685. The fourth-order valence-electron chi connectivity index (χ4n) is 1.77. The third kappa shape index (κ3) is 3.32. The van der Waals surface area contributed by atoms with Gasteiger partial charge < -0.3 is 10.6 Å². The Kier molecular flexibility index (Phi) is 4.16. The Morgan fingerprint density at radius 2 is 2.05 bits per heavy atom. The fourth-order valence-corrected chi connectivity index (χ4v) is 2.30. The number of benzene rings is 1. The summed E-state index contributed by atoms with van der Waals surface area (Å²) in [7, 11) is 0. The Bertz CT molecular complexity index is 534. The van der Waals surface area contributed by atoms with Gasteiger partial charge in [0, 0.05) is 23.7 Å². The molecule has 0 aliphatic heterocycles. The van der Waals surface area contributed by atoms with Crippen LogP contribution in [-0.2, 0) is 6.54 Å². The van der Waals surface area contributed by atoms with Crippen LogP contribution in [0.1, 0.15) is 29.9 Å². The SMILES string of the molecule is CC(C)N(Cc1ccc(N)cc1)C(=O)c1cscn1. The zero-order chi connectivity index (χ0) is 13.8. The molecule has 4 nitrogen and oxygen atoms in total. The number of anilines is 1. The van der Waals surface area contributed by atoms with Crippen LogP contribution >= 0.6 is 11.3 Å². The average Bonchev–Trinajstić information content (AvgIpc) is 2.91. The molecule has 0 aliphatic carbocycles. The van der Waals surface area contributed by atoms with Gasteiger partial charge in [0.05, 0.1) is 5.51 Å². The number of amides is 1. The zero-order valence-electron chi connectivity index (χ0n) is 11.0. The van der Waals surface area contributed by atoms with Gasteiger partial charge in [-0.1, -0.05) is 12.1 Å². The Balaban J connectivity index is 2.17. The van der Waals surface area contributed by atoms with Gasteiger partial charge >= 0.3 is 0 Å². The van der Waals surface area contributed by atoms with E-state index in [0.29, 0.717) is 12.2 Å². The second-order valence-corrected chi connectivity index (χ2v) is 5.36. The van der Waals surface area contributed by atoms with Gasteiger partial charge in [0.15, 0.2) is 0 Å². The molecular weight excluding hydrogens is 258 g/mol. The number of nitrogens with zero attached hydrogens (tertiary/aromatic N) is 2. The van der Waals surface area contributed by atoms with E-state index >= 15 is 0 Å². The number of carbonyl (C=O) groups excluding carboxylic acids is 1. The maximum atomic E-state index is 12.4. The number of hydrogen-bond acceptors (Lipinski definition) is 4. The minimum atomic E-state index is -0.0342. The molecule has 0 radical (unpaired) electrons. The molecule has 0 saturated heterocycles. The summed E-state index contributed by atoms with van der Waals surface area (Å²) in [6, 6.07) is 7.70. The number of thiazole rings is 1. The highest BCUT2D eigenvalue weighted by Gasteiger charge is 2.20. The largest absolute Gasteiger partial charge is 0.399 e. The topological polar surface area (TPSA) is 59.2 Å². The standard InChI is InChI=1S/C14H17N3OS/c1-10(2)17(14(18)13-8-19-9-16-13)7-11-3-5-12(15)6-4-11/h3-6,8-10H,7,15H2,1-2H3. The Labute approximate surface area is 116 Å². The number of hydrogen-bond donors (Lipinski definition) is 1. The van der Waals surface area contributed by atoms with Crippen molar-refractivity contribution in [2.75, 3.05) is 5.73 Å². The lowest BCUT2D eigenvalue weighted by Crippen LogP contribution is -2.36. The number of carbonyl (C=O) groups is 1. The van der Waals surface area contributed by atoms with Crippen molar-refractivity contribution in [2.24, 2.45) is 0 Å². The molecule has 0 fully saturated rings. The summed E-state index contributed by atoms with van der Waals surface area (Å²) >= 11 is 1.43. The second kappa shape index (κ2) is 5.84. The van der Waals surface area contributed by atoms with E-state index in [0.717, 1.165) is 11.3 Å². The first kappa shape index (κ1) is 13.5. The summed E-state index contributed by atoms with van der Waals surface area (Å²) in [6.07, 6.45) is 0. The highest BCUT2D eigenvalue weighted by atomic mass is 32.1. The summed E-state index contributed by atoms with van der Waals surface area (Å²) in [5, 5.41) is 1.78. The fraction of sp³-hybridized carbons (Fsp3) is 0.286.